The monoisotopic (exact) mass is 1470 g/mol. The number of carbonyl (C=O) groups excluding carboxylic acids is 9. The molecule has 1 aromatic carbocycles. The Kier molecular flexibility index (Phi) is 56.1. The van der Waals surface area contributed by atoms with E-state index in [-0.39, 0.29) is 216 Å². The zero-order valence-electron chi connectivity index (χ0n) is 55.3. The largest absolute Gasteiger partial charge is 0.508 e. The lowest BCUT2D eigenvalue weighted by atomic mass is 10.0. The van der Waals surface area contributed by atoms with Gasteiger partial charge in [0.1, 0.15) is 44.3 Å². The molecule has 0 spiro atoms. The molecule has 31 heteroatoms. The number of benzene rings is 1. The second-order valence-corrected chi connectivity index (χ2v) is 23.2. The maximum absolute atomic E-state index is 12.4. The number of phenolic OH excluding ortho intramolecular Hbond substituents is 1. The number of aliphatic carboxylic acids is 2. The van der Waals surface area contributed by atoms with E-state index < -0.39 is 41.7 Å². The van der Waals surface area contributed by atoms with Gasteiger partial charge in [0.2, 0.25) is 51.0 Å². The summed E-state index contributed by atoms with van der Waals surface area (Å²) in [5.41, 5.74) is 0.780. The fourth-order valence-corrected chi connectivity index (χ4v) is 9.11. The maximum Gasteiger partial charge on any atom is 0.326 e. The highest BCUT2D eigenvalue weighted by Gasteiger charge is 2.22. The van der Waals surface area contributed by atoms with Crippen LogP contribution in [0.25, 0.3) is 0 Å². The van der Waals surface area contributed by atoms with Gasteiger partial charge in [-0.3, -0.25) is 47.9 Å². The lowest BCUT2D eigenvalue weighted by Crippen LogP contribution is -2.42. The Morgan fingerprint density at radius 2 is 0.653 bits per heavy atom. The van der Waals surface area contributed by atoms with Gasteiger partial charge in [0, 0.05) is 100 Å². The van der Waals surface area contributed by atoms with E-state index in [1.165, 1.54) is 57.1 Å². The Bertz CT molecular complexity index is 2290. The molecule has 0 saturated carbocycles. The van der Waals surface area contributed by atoms with E-state index >= 15 is 0 Å². The van der Waals surface area contributed by atoms with E-state index in [1.54, 1.807) is 34.7 Å². The molecule has 0 aromatic heterocycles. The Morgan fingerprint density at radius 3 is 1.04 bits per heavy atom. The number of unbranched alkanes of at least 4 members (excludes halogenated alkanes) is 13. The van der Waals surface area contributed by atoms with Crippen molar-refractivity contribution in [1.82, 2.24) is 42.5 Å². The number of hydrogen-bond donors (Lipinski definition) is 11. The zero-order valence-corrected chi connectivity index (χ0v) is 57.4. The number of ether oxygens (including phenoxy) is 8. The van der Waals surface area contributed by atoms with Crippen molar-refractivity contribution < 1.29 is 106 Å². The summed E-state index contributed by atoms with van der Waals surface area (Å²) >= 11 is 1.63. The van der Waals surface area contributed by atoms with Crippen molar-refractivity contribution >= 4 is 85.6 Å². The average molecular weight is 1470 g/mol. The first-order valence-corrected chi connectivity index (χ1v) is 34.3. The molecular formula is C64H107IN8O22. The Labute approximate surface area is 571 Å². The van der Waals surface area contributed by atoms with Gasteiger partial charge in [-0.05, 0) is 49.8 Å². The van der Waals surface area contributed by atoms with Crippen LogP contribution in [0, 0.1) is 0 Å². The van der Waals surface area contributed by atoms with Crippen LogP contribution in [0.5, 0.6) is 5.75 Å². The molecule has 0 aliphatic heterocycles. The molecule has 0 saturated heterocycles. The van der Waals surface area contributed by atoms with Gasteiger partial charge in [0.15, 0.2) is 0 Å². The number of phenols is 1. The highest BCUT2D eigenvalue weighted by atomic mass is 127. The molecule has 11 N–H and O–H groups in total. The minimum Gasteiger partial charge on any atom is -0.508 e. The highest BCUT2D eigenvalue weighted by molar-refractivity contribution is 14.1. The minimum atomic E-state index is -1.27. The van der Waals surface area contributed by atoms with Gasteiger partial charge in [-0.1, -0.05) is 89.2 Å². The lowest BCUT2D eigenvalue weighted by molar-refractivity contribution is -0.142. The van der Waals surface area contributed by atoms with Crippen molar-refractivity contribution in [1.29, 1.82) is 0 Å². The number of hydrogen-bond acceptors (Lipinski definition) is 20. The van der Waals surface area contributed by atoms with Crippen molar-refractivity contribution in [3.63, 3.8) is 0 Å². The second kappa shape index (κ2) is 61.4. The molecule has 0 unspecified atom stereocenters. The van der Waals surface area contributed by atoms with Crippen molar-refractivity contribution in [2.45, 2.75) is 160 Å². The molecule has 0 radical (unpaired) electrons. The van der Waals surface area contributed by atoms with E-state index in [9.17, 15) is 63.0 Å². The van der Waals surface area contributed by atoms with Crippen LogP contribution < -0.4 is 42.5 Å². The van der Waals surface area contributed by atoms with Gasteiger partial charge in [-0.25, -0.2) is 4.79 Å². The Hall–Kier alpha value is -6.20. The first-order valence-electron chi connectivity index (χ1n) is 33.2. The van der Waals surface area contributed by atoms with Crippen LogP contribution in [-0.4, -0.2) is 235 Å². The number of nitrogens with one attached hydrogen (secondary N) is 8. The molecule has 0 aliphatic carbocycles. The van der Waals surface area contributed by atoms with E-state index in [0.29, 0.717) is 25.8 Å². The predicted molar refractivity (Wildman–Crippen MR) is 356 cm³/mol. The van der Waals surface area contributed by atoms with Crippen molar-refractivity contribution in [2.75, 3.05) is 145 Å². The molecule has 2 atom stereocenters. The van der Waals surface area contributed by atoms with Crippen LogP contribution in [-0.2, 0) is 97.1 Å². The summed E-state index contributed by atoms with van der Waals surface area (Å²) in [6.07, 6.45) is 16.9. The number of rotatable bonds is 66. The SMILES string of the molecule is O=C(O)CCCCCCCCCCCCCCCCC(=O)NCCCC(=O)N[C@@H](CCC(=O)NCCCC(=O)NCCOCCOCC(=O)NCCOCCOCC(=O)NCCOCCOCC(=O)NCCOCCOCC(=O)N[C@@H](Cc1ccc(O)cc1)C(=O)I)C(=O)O. The number of amides is 8. The topological polar surface area (TPSA) is 419 Å². The Balaban J connectivity index is 1.87. The van der Waals surface area contributed by atoms with E-state index in [2.05, 4.69) is 42.5 Å². The fraction of sp³-hybridized carbons (Fsp3) is 0.734. The summed E-state index contributed by atoms with van der Waals surface area (Å²) in [5.74, 6) is -4.61. The van der Waals surface area contributed by atoms with Gasteiger partial charge in [0.25, 0.3) is 0 Å². The van der Waals surface area contributed by atoms with Gasteiger partial charge in [-0.2, -0.15) is 0 Å². The summed E-state index contributed by atoms with van der Waals surface area (Å²) in [6.45, 7) is 2.82. The van der Waals surface area contributed by atoms with Crippen LogP contribution in [0.2, 0.25) is 0 Å². The summed E-state index contributed by atoms with van der Waals surface area (Å²) in [4.78, 5) is 132. The van der Waals surface area contributed by atoms with Crippen LogP contribution in [0.4, 0.5) is 0 Å². The van der Waals surface area contributed by atoms with Gasteiger partial charge in [-0.15, -0.1) is 0 Å². The number of aromatic hydroxyl groups is 1. The molecule has 0 heterocycles. The number of carbonyl (C=O) groups is 11. The standard InChI is InChI=1S/C64H107IN8O22/c65-63(85)53(45-50-21-23-51(74)24-22-50)73-61(82)49-95-44-40-91-36-32-71-60(81)48-94-43-39-90-35-31-70-59(80)47-93-42-38-89-34-30-69-58(79)46-92-41-37-88-33-29-68-55(76)18-15-27-67-56(77)26-25-52(64(86)87)72-57(78)19-16-28-66-54(75)17-13-11-9-7-5-3-1-2-4-6-8-10-12-14-20-62(83)84/h21-24,52-53,74H,1-20,25-49H2,(H,66,75)(H,67,77)(H,68,76)(H,69,79)(H,70,80)(H,71,81)(H,72,78)(H,73,82)(H,83,84)(H,86,87)/t52-,53-/m0/s1. The van der Waals surface area contributed by atoms with Crippen molar-refractivity contribution in [3.05, 3.63) is 29.8 Å². The molecule has 0 fully saturated rings. The third-order valence-electron chi connectivity index (χ3n) is 13.8. The normalized spacial score (nSPS) is 11.6. The first kappa shape index (κ1) is 86.8. The minimum absolute atomic E-state index is 0.0198. The first-order chi connectivity index (χ1) is 45.9. The van der Waals surface area contributed by atoms with Crippen molar-refractivity contribution in [3.8, 4) is 5.75 Å². The van der Waals surface area contributed by atoms with E-state index in [0.717, 1.165) is 50.5 Å². The van der Waals surface area contributed by atoms with Crippen LogP contribution in [0.3, 0.4) is 0 Å². The zero-order chi connectivity index (χ0) is 69.6. The maximum atomic E-state index is 12.4. The molecular weight excluding hydrogens is 1360 g/mol. The molecule has 0 aliphatic rings. The number of halogens is 1. The molecule has 0 bridgehead atoms. The Morgan fingerprint density at radius 1 is 0.337 bits per heavy atom. The highest BCUT2D eigenvalue weighted by Crippen LogP contribution is 2.15. The van der Waals surface area contributed by atoms with Gasteiger partial charge in [0.05, 0.1) is 79.3 Å². The second-order valence-electron chi connectivity index (χ2n) is 22.1. The summed E-state index contributed by atoms with van der Waals surface area (Å²) in [5, 5.41) is 48.9. The van der Waals surface area contributed by atoms with Crippen molar-refractivity contribution in [2.24, 2.45) is 0 Å². The third kappa shape index (κ3) is 57.7. The lowest BCUT2D eigenvalue weighted by Gasteiger charge is -2.15. The fourth-order valence-electron chi connectivity index (χ4n) is 8.74. The van der Waals surface area contributed by atoms with E-state index in [4.69, 9.17) is 43.0 Å². The molecule has 1 aromatic rings. The van der Waals surface area contributed by atoms with E-state index in [1.807, 2.05) is 0 Å². The summed E-state index contributed by atoms with van der Waals surface area (Å²) in [6, 6.07) is 4.36. The summed E-state index contributed by atoms with van der Waals surface area (Å²) in [7, 11) is 0. The van der Waals surface area contributed by atoms with Gasteiger partial charge >= 0.3 is 11.9 Å². The molecule has 95 heavy (non-hydrogen) atoms. The van der Waals surface area contributed by atoms with Crippen LogP contribution >= 0.6 is 22.6 Å². The van der Waals surface area contributed by atoms with Gasteiger partial charge < -0.3 is 95.7 Å². The average Bonchev–Trinajstić information content (AvgIpc) is 1.33. The van der Waals surface area contributed by atoms with Crippen LogP contribution in [0.15, 0.2) is 24.3 Å². The quantitative estimate of drug-likeness (QED) is 0.0253. The molecule has 8 amide bonds. The predicted octanol–water partition coefficient (Wildman–Crippen LogP) is 2.45. The molecule has 1 rings (SSSR count). The third-order valence-corrected chi connectivity index (χ3v) is 14.6. The molecule has 542 valence electrons. The summed E-state index contributed by atoms with van der Waals surface area (Å²) < 4.78 is 42.5. The van der Waals surface area contributed by atoms with Crippen LogP contribution in [0.1, 0.15) is 147 Å². The smallest absolute Gasteiger partial charge is 0.326 e. The number of carboxylic acid groups (broad SMARTS) is 2. The number of carboxylic acids is 2. The molecule has 30 nitrogen and oxygen atoms in total.